The summed E-state index contributed by atoms with van der Waals surface area (Å²) in [4.78, 5) is 27.3. The van der Waals surface area contributed by atoms with Gasteiger partial charge in [0.15, 0.2) is 0 Å². The molecule has 32 heavy (non-hydrogen) atoms. The van der Waals surface area contributed by atoms with Gasteiger partial charge in [0.25, 0.3) is 11.2 Å². The molecule has 0 amide bonds. The van der Waals surface area contributed by atoms with Crippen molar-refractivity contribution in [3.05, 3.63) is 116 Å². The molecule has 9 heteroatoms. The first-order valence-corrected chi connectivity index (χ1v) is 9.61. The second-order valence-corrected chi connectivity index (χ2v) is 7.20. The van der Waals surface area contributed by atoms with Crippen molar-refractivity contribution in [2.75, 3.05) is 0 Å². The van der Waals surface area contributed by atoms with Crippen molar-refractivity contribution in [1.29, 1.82) is 0 Å². The summed E-state index contributed by atoms with van der Waals surface area (Å²) in [7, 11) is 0. The standard InChI is InChI=1S/C23H16F3N3O3/c24-23(25,26)19-9-5-4-8-16(19)14-28-20-11-10-17(29(31)32)13-18(20)22(30)27-21(28)12-15-6-2-1-3-7-15/h1-11,13H,12,14H2. The first-order valence-electron chi connectivity index (χ1n) is 9.61. The molecule has 0 fully saturated rings. The van der Waals surface area contributed by atoms with Gasteiger partial charge < -0.3 is 4.57 Å². The third kappa shape index (κ3) is 4.22. The molecule has 4 rings (SSSR count). The van der Waals surface area contributed by atoms with E-state index in [9.17, 15) is 28.1 Å². The number of aromatic nitrogens is 2. The topological polar surface area (TPSA) is 78.0 Å². The third-order valence-corrected chi connectivity index (χ3v) is 5.11. The maximum atomic E-state index is 13.6. The van der Waals surface area contributed by atoms with Crippen molar-refractivity contribution in [3.63, 3.8) is 0 Å². The fraction of sp³-hybridized carbons (Fsp3) is 0.130. The summed E-state index contributed by atoms with van der Waals surface area (Å²) in [5.74, 6) is 0.263. The minimum absolute atomic E-state index is 0.000543. The van der Waals surface area contributed by atoms with E-state index in [-0.39, 0.29) is 40.9 Å². The summed E-state index contributed by atoms with van der Waals surface area (Å²) in [6.07, 6.45) is -4.35. The number of nitro benzene ring substituents is 1. The zero-order valence-corrected chi connectivity index (χ0v) is 16.5. The molecule has 0 N–H and O–H groups in total. The maximum absolute atomic E-state index is 13.6. The van der Waals surface area contributed by atoms with Gasteiger partial charge in [-0.2, -0.15) is 18.2 Å². The summed E-state index contributed by atoms with van der Waals surface area (Å²) in [5, 5.41) is 11.1. The minimum Gasteiger partial charge on any atom is -0.324 e. The number of rotatable bonds is 5. The van der Waals surface area contributed by atoms with Crippen LogP contribution in [0.2, 0.25) is 0 Å². The highest BCUT2D eigenvalue weighted by atomic mass is 19.4. The van der Waals surface area contributed by atoms with Crippen LogP contribution in [0, 0.1) is 10.1 Å². The molecule has 0 spiro atoms. The zero-order valence-electron chi connectivity index (χ0n) is 16.5. The Kier molecular flexibility index (Phi) is 5.48. The van der Waals surface area contributed by atoms with Gasteiger partial charge >= 0.3 is 6.18 Å². The van der Waals surface area contributed by atoms with Crippen LogP contribution in [0.25, 0.3) is 10.9 Å². The van der Waals surface area contributed by atoms with Crippen LogP contribution in [0.15, 0.2) is 77.6 Å². The highest BCUT2D eigenvalue weighted by Gasteiger charge is 2.33. The molecule has 0 aliphatic heterocycles. The Labute approximate surface area is 179 Å². The van der Waals surface area contributed by atoms with Gasteiger partial charge in [-0.1, -0.05) is 48.5 Å². The van der Waals surface area contributed by atoms with Crippen LogP contribution in [0.5, 0.6) is 0 Å². The Hall–Kier alpha value is -4.01. The molecule has 0 atom stereocenters. The van der Waals surface area contributed by atoms with Crippen LogP contribution >= 0.6 is 0 Å². The van der Waals surface area contributed by atoms with E-state index in [2.05, 4.69) is 4.98 Å². The number of non-ortho nitro benzene ring substituents is 1. The van der Waals surface area contributed by atoms with Gasteiger partial charge in [-0.3, -0.25) is 14.9 Å². The van der Waals surface area contributed by atoms with E-state index < -0.39 is 22.2 Å². The Morgan fingerprint density at radius 3 is 2.34 bits per heavy atom. The number of benzene rings is 3. The molecule has 162 valence electrons. The van der Waals surface area contributed by atoms with Gasteiger partial charge in [-0.05, 0) is 23.3 Å². The van der Waals surface area contributed by atoms with Crippen molar-refractivity contribution >= 4 is 16.6 Å². The second kappa shape index (κ2) is 8.26. The quantitative estimate of drug-likeness (QED) is 0.325. The van der Waals surface area contributed by atoms with Crippen LogP contribution < -0.4 is 5.56 Å². The van der Waals surface area contributed by atoms with Gasteiger partial charge in [-0.25, -0.2) is 0 Å². The molecule has 6 nitrogen and oxygen atoms in total. The van der Waals surface area contributed by atoms with Crippen LogP contribution in [-0.4, -0.2) is 14.5 Å². The Balaban J connectivity index is 1.94. The summed E-state index contributed by atoms with van der Waals surface area (Å²) in [6, 6.07) is 17.9. The lowest BCUT2D eigenvalue weighted by atomic mass is 10.1. The SMILES string of the molecule is O=c1nc(Cc2ccccc2)n(Cc2ccccc2C(F)(F)F)c2ccc([N+](=O)[O-])cc12. The summed E-state index contributed by atoms with van der Waals surface area (Å²) >= 11 is 0. The zero-order chi connectivity index (χ0) is 22.9. The molecule has 0 aliphatic rings. The number of alkyl halides is 3. The first-order chi connectivity index (χ1) is 15.2. The Bertz CT molecular complexity index is 1370. The molecular weight excluding hydrogens is 423 g/mol. The lowest BCUT2D eigenvalue weighted by Crippen LogP contribution is -2.21. The van der Waals surface area contributed by atoms with Crippen LogP contribution in [0.1, 0.15) is 22.5 Å². The van der Waals surface area contributed by atoms with E-state index in [0.717, 1.165) is 17.7 Å². The highest BCUT2D eigenvalue weighted by molar-refractivity contribution is 5.81. The van der Waals surface area contributed by atoms with Crippen molar-refractivity contribution in [2.45, 2.75) is 19.1 Å². The first kappa shape index (κ1) is 21.2. The van der Waals surface area contributed by atoms with E-state index in [0.29, 0.717) is 0 Å². The molecule has 0 saturated heterocycles. The predicted octanol–water partition coefficient (Wildman–Crippen LogP) is 4.96. The molecular formula is C23H16F3N3O3. The van der Waals surface area contributed by atoms with E-state index in [1.54, 1.807) is 12.1 Å². The predicted molar refractivity (Wildman–Crippen MR) is 112 cm³/mol. The molecule has 0 radical (unpaired) electrons. The van der Waals surface area contributed by atoms with Gasteiger partial charge in [0.2, 0.25) is 0 Å². The Morgan fingerprint density at radius 2 is 1.66 bits per heavy atom. The van der Waals surface area contributed by atoms with Crippen molar-refractivity contribution < 1.29 is 18.1 Å². The van der Waals surface area contributed by atoms with Crippen LogP contribution in [0.4, 0.5) is 18.9 Å². The number of fused-ring (bicyclic) bond motifs is 1. The summed E-state index contributed by atoms with van der Waals surface area (Å²) in [6.45, 7) is -0.209. The summed E-state index contributed by atoms with van der Waals surface area (Å²) in [5.41, 5.74) is -0.666. The Morgan fingerprint density at radius 1 is 0.969 bits per heavy atom. The fourth-order valence-electron chi connectivity index (χ4n) is 3.62. The number of hydrogen-bond acceptors (Lipinski definition) is 4. The molecule has 1 heterocycles. The van der Waals surface area contributed by atoms with Gasteiger partial charge in [0.1, 0.15) is 5.82 Å². The van der Waals surface area contributed by atoms with Gasteiger partial charge in [0, 0.05) is 25.1 Å². The minimum atomic E-state index is -4.56. The molecule has 0 unspecified atom stereocenters. The number of halogens is 3. The number of nitro groups is 1. The lowest BCUT2D eigenvalue weighted by molar-refractivity contribution is -0.384. The van der Waals surface area contributed by atoms with Gasteiger partial charge in [0.05, 0.1) is 21.4 Å². The highest BCUT2D eigenvalue weighted by Crippen LogP contribution is 2.33. The number of nitrogens with zero attached hydrogens (tertiary/aromatic N) is 3. The molecule has 0 saturated carbocycles. The average Bonchev–Trinajstić information content (AvgIpc) is 2.76. The van der Waals surface area contributed by atoms with Crippen molar-refractivity contribution in [3.8, 4) is 0 Å². The van der Waals surface area contributed by atoms with E-state index in [1.165, 1.54) is 34.9 Å². The third-order valence-electron chi connectivity index (χ3n) is 5.11. The lowest BCUT2D eigenvalue weighted by Gasteiger charge is -2.19. The number of hydrogen-bond donors (Lipinski definition) is 0. The smallest absolute Gasteiger partial charge is 0.324 e. The van der Waals surface area contributed by atoms with Crippen LogP contribution in [-0.2, 0) is 19.1 Å². The van der Waals surface area contributed by atoms with Crippen molar-refractivity contribution in [1.82, 2.24) is 9.55 Å². The van der Waals surface area contributed by atoms with E-state index >= 15 is 0 Å². The van der Waals surface area contributed by atoms with Gasteiger partial charge in [-0.15, -0.1) is 0 Å². The average molecular weight is 439 g/mol. The monoisotopic (exact) mass is 439 g/mol. The molecule has 4 aromatic rings. The maximum Gasteiger partial charge on any atom is 0.416 e. The normalized spacial score (nSPS) is 11.6. The largest absolute Gasteiger partial charge is 0.416 e. The second-order valence-electron chi connectivity index (χ2n) is 7.20. The van der Waals surface area contributed by atoms with E-state index in [4.69, 9.17) is 0 Å². The summed E-state index contributed by atoms with van der Waals surface area (Å²) < 4.78 is 42.2. The van der Waals surface area contributed by atoms with Crippen LogP contribution in [0.3, 0.4) is 0 Å². The fourth-order valence-corrected chi connectivity index (χ4v) is 3.62. The molecule has 0 aliphatic carbocycles. The van der Waals surface area contributed by atoms with Crippen molar-refractivity contribution in [2.24, 2.45) is 0 Å². The molecule has 3 aromatic carbocycles. The molecule has 0 bridgehead atoms. The molecule has 1 aromatic heterocycles. The van der Waals surface area contributed by atoms with E-state index in [1.807, 2.05) is 18.2 Å².